The Kier molecular flexibility index (Phi) is 4.86. The van der Waals surface area contributed by atoms with Gasteiger partial charge in [0.05, 0.1) is 22.5 Å². The first-order chi connectivity index (χ1) is 12.9. The first-order valence-electron chi connectivity index (χ1n) is 9.38. The highest BCUT2D eigenvalue weighted by molar-refractivity contribution is 7.12. The van der Waals surface area contributed by atoms with E-state index in [9.17, 15) is 9.50 Å². The molecular weight excluding hydrogens is 361 g/mol. The fourth-order valence-corrected chi connectivity index (χ4v) is 4.43. The van der Waals surface area contributed by atoms with E-state index in [2.05, 4.69) is 16.0 Å². The van der Waals surface area contributed by atoms with Crippen molar-refractivity contribution >= 4 is 11.3 Å². The van der Waals surface area contributed by atoms with Crippen LogP contribution in [-0.4, -0.2) is 19.9 Å². The second-order valence-electron chi connectivity index (χ2n) is 7.49. The zero-order chi connectivity index (χ0) is 19.1. The van der Waals surface area contributed by atoms with Crippen LogP contribution >= 0.6 is 11.3 Å². The van der Waals surface area contributed by atoms with E-state index in [1.807, 2.05) is 13.8 Å². The van der Waals surface area contributed by atoms with Crippen LogP contribution in [0.2, 0.25) is 0 Å². The van der Waals surface area contributed by atoms with Crippen molar-refractivity contribution in [1.82, 2.24) is 14.8 Å². The van der Waals surface area contributed by atoms with Gasteiger partial charge < -0.3 is 5.11 Å². The number of benzene rings is 1. The van der Waals surface area contributed by atoms with Crippen LogP contribution < -0.4 is 0 Å². The SMILES string of the molecule is Cc1nc(-c2ccc(F)cc2[C@@H](C)O)c(Cc2cn(CC3CC3)nc2C)s1. The molecule has 2 aromatic heterocycles. The summed E-state index contributed by atoms with van der Waals surface area (Å²) in [6.45, 7) is 6.68. The Labute approximate surface area is 162 Å². The molecule has 1 aromatic carbocycles. The van der Waals surface area contributed by atoms with E-state index in [0.29, 0.717) is 5.56 Å². The molecule has 6 heteroatoms. The van der Waals surface area contributed by atoms with E-state index >= 15 is 0 Å². The number of nitrogens with zero attached hydrogens (tertiary/aromatic N) is 3. The van der Waals surface area contributed by atoms with Gasteiger partial charge in [0.15, 0.2) is 0 Å². The van der Waals surface area contributed by atoms with Gasteiger partial charge in [-0.2, -0.15) is 5.10 Å². The highest BCUT2D eigenvalue weighted by atomic mass is 32.1. The lowest BCUT2D eigenvalue weighted by atomic mass is 9.98. The quantitative estimate of drug-likeness (QED) is 0.662. The molecular formula is C21H24FN3OS. The molecule has 1 saturated carbocycles. The number of aryl methyl sites for hydroxylation is 2. The number of hydrogen-bond donors (Lipinski definition) is 1. The molecule has 4 rings (SSSR count). The molecule has 1 aliphatic rings. The summed E-state index contributed by atoms with van der Waals surface area (Å²) in [5, 5.41) is 15.7. The Balaban J connectivity index is 1.69. The van der Waals surface area contributed by atoms with Crippen molar-refractivity contribution in [1.29, 1.82) is 0 Å². The average molecular weight is 386 g/mol. The van der Waals surface area contributed by atoms with Crippen LogP contribution in [0.3, 0.4) is 0 Å². The number of aliphatic hydroxyl groups is 1. The standard InChI is InChI=1S/C21H24FN3OS/c1-12-16(11-25(24-12)10-15-4-5-15)8-20-21(23-14(3)27-20)18-7-6-17(22)9-19(18)13(2)26/h6-7,9,11,13,15,26H,4-5,8,10H2,1-3H3/t13-/m1/s1. The molecule has 1 fully saturated rings. The second kappa shape index (κ2) is 7.17. The number of aromatic nitrogens is 3. The maximum atomic E-state index is 13.7. The molecule has 142 valence electrons. The number of hydrogen-bond acceptors (Lipinski definition) is 4. The summed E-state index contributed by atoms with van der Waals surface area (Å²) < 4.78 is 15.8. The molecule has 0 unspecified atom stereocenters. The fourth-order valence-electron chi connectivity index (χ4n) is 3.46. The Hall–Kier alpha value is -2.05. The Bertz CT molecular complexity index is 972. The van der Waals surface area contributed by atoms with Crippen molar-refractivity contribution in [3.63, 3.8) is 0 Å². The molecule has 4 nitrogen and oxygen atoms in total. The third-order valence-electron chi connectivity index (χ3n) is 5.06. The van der Waals surface area contributed by atoms with Crippen molar-refractivity contribution in [3.05, 3.63) is 56.9 Å². The maximum Gasteiger partial charge on any atom is 0.123 e. The monoisotopic (exact) mass is 385 g/mol. The van der Waals surface area contributed by atoms with Crippen LogP contribution in [0.4, 0.5) is 4.39 Å². The smallest absolute Gasteiger partial charge is 0.123 e. The first kappa shape index (κ1) is 18.3. The van der Waals surface area contributed by atoms with Crippen LogP contribution in [0.15, 0.2) is 24.4 Å². The van der Waals surface area contributed by atoms with E-state index in [4.69, 9.17) is 4.98 Å². The summed E-state index contributed by atoms with van der Waals surface area (Å²) in [7, 11) is 0. The molecule has 0 amide bonds. The molecule has 3 aromatic rings. The van der Waals surface area contributed by atoms with Gasteiger partial charge in [-0.25, -0.2) is 9.37 Å². The molecule has 0 bridgehead atoms. The summed E-state index contributed by atoms with van der Waals surface area (Å²) in [5.41, 5.74) is 4.45. The summed E-state index contributed by atoms with van der Waals surface area (Å²) >= 11 is 1.65. The van der Waals surface area contributed by atoms with Crippen LogP contribution in [0.1, 0.15) is 52.6 Å². The van der Waals surface area contributed by atoms with E-state index in [0.717, 1.165) is 45.7 Å². The van der Waals surface area contributed by atoms with E-state index in [1.165, 1.54) is 30.5 Å². The fraction of sp³-hybridized carbons (Fsp3) is 0.429. The van der Waals surface area contributed by atoms with Crippen LogP contribution in [0.25, 0.3) is 11.3 Å². The number of rotatable bonds is 6. The zero-order valence-electron chi connectivity index (χ0n) is 15.9. The van der Waals surface area contributed by atoms with Crippen molar-refractivity contribution in [2.24, 2.45) is 5.92 Å². The normalized spacial score (nSPS) is 15.3. The Morgan fingerprint density at radius 2 is 2.11 bits per heavy atom. The summed E-state index contributed by atoms with van der Waals surface area (Å²) in [6.07, 6.45) is 4.74. The van der Waals surface area contributed by atoms with Crippen LogP contribution in [0, 0.1) is 25.6 Å². The van der Waals surface area contributed by atoms with Gasteiger partial charge in [-0.05, 0) is 68.9 Å². The molecule has 1 N–H and O–H groups in total. The molecule has 27 heavy (non-hydrogen) atoms. The van der Waals surface area contributed by atoms with E-state index < -0.39 is 6.10 Å². The zero-order valence-corrected chi connectivity index (χ0v) is 16.7. The van der Waals surface area contributed by atoms with E-state index in [1.54, 1.807) is 24.3 Å². The third kappa shape index (κ3) is 3.96. The summed E-state index contributed by atoms with van der Waals surface area (Å²) in [6, 6.07) is 4.55. The minimum atomic E-state index is -0.756. The molecule has 0 spiro atoms. The van der Waals surface area contributed by atoms with Gasteiger partial charge in [0.25, 0.3) is 0 Å². The van der Waals surface area contributed by atoms with Gasteiger partial charge in [0.2, 0.25) is 0 Å². The maximum absolute atomic E-state index is 13.7. The van der Waals surface area contributed by atoms with Crippen molar-refractivity contribution in [2.45, 2.75) is 52.7 Å². The van der Waals surface area contributed by atoms with Crippen molar-refractivity contribution in [2.75, 3.05) is 0 Å². The predicted octanol–water partition coefficient (Wildman–Crippen LogP) is 4.82. The van der Waals surface area contributed by atoms with Gasteiger partial charge in [0, 0.05) is 29.6 Å². The van der Waals surface area contributed by atoms with Crippen LogP contribution in [0.5, 0.6) is 0 Å². The summed E-state index contributed by atoms with van der Waals surface area (Å²) in [4.78, 5) is 5.82. The van der Waals surface area contributed by atoms with Crippen molar-refractivity contribution in [3.8, 4) is 11.3 Å². The molecule has 2 heterocycles. The number of thiazole rings is 1. The second-order valence-corrected chi connectivity index (χ2v) is 8.78. The lowest BCUT2D eigenvalue weighted by molar-refractivity contribution is 0.199. The Morgan fingerprint density at radius 1 is 1.33 bits per heavy atom. The molecule has 0 radical (unpaired) electrons. The predicted molar refractivity (Wildman–Crippen MR) is 105 cm³/mol. The third-order valence-corrected chi connectivity index (χ3v) is 6.04. The number of halogens is 1. The molecule has 0 aliphatic heterocycles. The Morgan fingerprint density at radius 3 is 2.81 bits per heavy atom. The average Bonchev–Trinajstić information content (AvgIpc) is 3.25. The lowest BCUT2D eigenvalue weighted by Crippen LogP contribution is -2.00. The molecule has 1 atom stereocenters. The highest BCUT2D eigenvalue weighted by Gasteiger charge is 2.23. The summed E-state index contributed by atoms with van der Waals surface area (Å²) in [5.74, 6) is 0.437. The largest absolute Gasteiger partial charge is 0.389 e. The minimum Gasteiger partial charge on any atom is -0.389 e. The molecule has 0 saturated heterocycles. The number of aliphatic hydroxyl groups excluding tert-OH is 1. The van der Waals surface area contributed by atoms with Gasteiger partial charge in [-0.3, -0.25) is 4.68 Å². The van der Waals surface area contributed by atoms with Crippen LogP contribution in [-0.2, 0) is 13.0 Å². The van der Waals surface area contributed by atoms with Gasteiger partial charge in [-0.15, -0.1) is 11.3 Å². The van der Waals surface area contributed by atoms with Gasteiger partial charge in [0.1, 0.15) is 5.82 Å². The molecule has 1 aliphatic carbocycles. The first-order valence-corrected chi connectivity index (χ1v) is 10.2. The van der Waals surface area contributed by atoms with Crippen molar-refractivity contribution < 1.29 is 9.50 Å². The minimum absolute atomic E-state index is 0.347. The van der Waals surface area contributed by atoms with Gasteiger partial charge in [-0.1, -0.05) is 0 Å². The highest BCUT2D eigenvalue weighted by Crippen LogP contribution is 2.35. The lowest BCUT2D eigenvalue weighted by Gasteiger charge is -2.12. The topological polar surface area (TPSA) is 50.9 Å². The van der Waals surface area contributed by atoms with Gasteiger partial charge >= 0.3 is 0 Å². The van der Waals surface area contributed by atoms with E-state index in [-0.39, 0.29) is 5.82 Å².